The van der Waals surface area contributed by atoms with E-state index >= 15 is 0 Å². The van der Waals surface area contributed by atoms with Crippen LogP contribution in [0.3, 0.4) is 0 Å². The number of morpholine rings is 1. The minimum Gasteiger partial charge on any atom is -0.506 e. The summed E-state index contributed by atoms with van der Waals surface area (Å²) in [6.45, 7) is 3.17. The maximum atomic E-state index is 12.5. The van der Waals surface area contributed by atoms with Gasteiger partial charge in [0.25, 0.3) is 5.91 Å². The first-order chi connectivity index (χ1) is 10.0. The molecule has 7 heteroatoms. The van der Waals surface area contributed by atoms with Crippen LogP contribution in [-0.2, 0) is 9.53 Å². The molecule has 21 heavy (non-hydrogen) atoms. The summed E-state index contributed by atoms with van der Waals surface area (Å²) >= 11 is 0. The monoisotopic (exact) mass is 293 g/mol. The highest BCUT2D eigenvalue weighted by Crippen LogP contribution is 2.22. The molecule has 1 aliphatic rings. The molecule has 2 amide bonds. The lowest BCUT2D eigenvalue weighted by Gasteiger charge is -2.34. The second-order valence-electron chi connectivity index (χ2n) is 4.76. The number of nitrogens with one attached hydrogen (secondary N) is 1. The fourth-order valence-electron chi connectivity index (χ4n) is 2.20. The van der Waals surface area contributed by atoms with Gasteiger partial charge < -0.3 is 25.8 Å². The van der Waals surface area contributed by atoms with Gasteiger partial charge in [-0.15, -0.1) is 0 Å². The molecule has 2 rings (SSSR count). The third-order valence-electron chi connectivity index (χ3n) is 3.32. The highest BCUT2D eigenvalue weighted by atomic mass is 16.5. The van der Waals surface area contributed by atoms with Crippen molar-refractivity contribution < 1.29 is 19.4 Å². The van der Waals surface area contributed by atoms with Crippen LogP contribution in [0.5, 0.6) is 5.75 Å². The average molecular weight is 293 g/mol. The van der Waals surface area contributed by atoms with Gasteiger partial charge in [-0.3, -0.25) is 9.59 Å². The summed E-state index contributed by atoms with van der Waals surface area (Å²) in [5.41, 5.74) is 6.02. The van der Waals surface area contributed by atoms with E-state index in [2.05, 4.69) is 5.32 Å². The summed E-state index contributed by atoms with van der Waals surface area (Å²) in [6, 6.07) is 3.64. The number of benzene rings is 1. The van der Waals surface area contributed by atoms with E-state index in [9.17, 15) is 14.7 Å². The Labute approximate surface area is 122 Å². The fraction of sp³-hybridized carbons (Fsp3) is 0.429. The number of phenolic OH excluding ortho intramolecular Hbond substituents is 1. The molecule has 1 aliphatic heterocycles. The largest absolute Gasteiger partial charge is 0.506 e. The van der Waals surface area contributed by atoms with Gasteiger partial charge in [-0.05, 0) is 25.1 Å². The SMILES string of the molecule is CCNC(=O)C1COCCN1C(=O)c1ccc(N)c(O)c1. The lowest BCUT2D eigenvalue weighted by Crippen LogP contribution is -2.55. The van der Waals surface area contributed by atoms with Crippen molar-refractivity contribution in [2.24, 2.45) is 0 Å². The molecule has 1 fully saturated rings. The molecular formula is C14H19N3O4. The molecule has 1 aromatic rings. The van der Waals surface area contributed by atoms with Gasteiger partial charge in [-0.25, -0.2) is 0 Å². The molecule has 1 heterocycles. The van der Waals surface area contributed by atoms with E-state index < -0.39 is 6.04 Å². The van der Waals surface area contributed by atoms with Gasteiger partial charge in [-0.2, -0.15) is 0 Å². The molecule has 0 radical (unpaired) electrons. The van der Waals surface area contributed by atoms with Gasteiger partial charge in [0.1, 0.15) is 11.8 Å². The predicted molar refractivity (Wildman–Crippen MR) is 76.8 cm³/mol. The Morgan fingerprint density at radius 2 is 2.29 bits per heavy atom. The van der Waals surface area contributed by atoms with Crippen molar-refractivity contribution in [3.8, 4) is 5.75 Å². The van der Waals surface area contributed by atoms with E-state index in [1.54, 1.807) is 0 Å². The second-order valence-corrected chi connectivity index (χ2v) is 4.76. The molecule has 1 saturated heterocycles. The minimum atomic E-state index is -0.661. The minimum absolute atomic E-state index is 0.149. The van der Waals surface area contributed by atoms with Crippen molar-refractivity contribution in [2.75, 3.05) is 32.0 Å². The Balaban J connectivity index is 2.21. The maximum Gasteiger partial charge on any atom is 0.254 e. The van der Waals surface area contributed by atoms with E-state index in [-0.39, 0.29) is 35.4 Å². The zero-order valence-corrected chi connectivity index (χ0v) is 11.8. The molecule has 7 nitrogen and oxygen atoms in total. The Hall–Kier alpha value is -2.28. The number of anilines is 1. The molecule has 0 aromatic heterocycles. The summed E-state index contributed by atoms with van der Waals surface area (Å²) in [5, 5.41) is 12.3. The van der Waals surface area contributed by atoms with Crippen LogP contribution in [0, 0.1) is 0 Å². The van der Waals surface area contributed by atoms with Crippen LogP contribution in [0.2, 0.25) is 0 Å². The van der Waals surface area contributed by atoms with Crippen LogP contribution in [0.4, 0.5) is 5.69 Å². The number of carbonyl (C=O) groups excluding carboxylic acids is 2. The van der Waals surface area contributed by atoms with Gasteiger partial charge in [0.15, 0.2) is 0 Å². The highest BCUT2D eigenvalue weighted by Gasteiger charge is 2.33. The molecule has 0 saturated carbocycles. The van der Waals surface area contributed by atoms with Crippen molar-refractivity contribution in [3.05, 3.63) is 23.8 Å². The average Bonchev–Trinajstić information content (AvgIpc) is 2.49. The number of phenols is 1. The number of aromatic hydroxyl groups is 1. The Bertz CT molecular complexity index is 547. The smallest absolute Gasteiger partial charge is 0.254 e. The third-order valence-corrected chi connectivity index (χ3v) is 3.32. The lowest BCUT2D eigenvalue weighted by molar-refractivity contribution is -0.130. The molecule has 1 aromatic carbocycles. The zero-order valence-electron chi connectivity index (χ0n) is 11.8. The van der Waals surface area contributed by atoms with Crippen LogP contribution in [0.25, 0.3) is 0 Å². The van der Waals surface area contributed by atoms with Crippen LogP contribution >= 0.6 is 0 Å². The molecule has 114 valence electrons. The molecule has 0 bridgehead atoms. The number of hydrogen-bond donors (Lipinski definition) is 3. The van der Waals surface area contributed by atoms with E-state index in [4.69, 9.17) is 10.5 Å². The van der Waals surface area contributed by atoms with Crippen LogP contribution < -0.4 is 11.1 Å². The van der Waals surface area contributed by atoms with Gasteiger partial charge in [-0.1, -0.05) is 0 Å². The summed E-state index contributed by atoms with van der Waals surface area (Å²) < 4.78 is 5.28. The third kappa shape index (κ3) is 3.25. The van der Waals surface area contributed by atoms with Gasteiger partial charge in [0.05, 0.1) is 18.9 Å². The number of ether oxygens (including phenoxy) is 1. The van der Waals surface area contributed by atoms with E-state index in [1.165, 1.54) is 23.1 Å². The van der Waals surface area contributed by atoms with Gasteiger partial charge in [0, 0.05) is 18.7 Å². The van der Waals surface area contributed by atoms with E-state index in [0.717, 1.165) is 0 Å². The summed E-state index contributed by atoms with van der Waals surface area (Å²) in [5.74, 6) is -0.723. The zero-order chi connectivity index (χ0) is 15.4. The van der Waals surface area contributed by atoms with Crippen molar-refractivity contribution in [3.63, 3.8) is 0 Å². The first-order valence-corrected chi connectivity index (χ1v) is 6.79. The second kappa shape index (κ2) is 6.45. The van der Waals surface area contributed by atoms with Crippen molar-refractivity contribution in [1.82, 2.24) is 10.2 Å². The Morgan fingerprint density at radius 1 is 1.52 bits per heavy atom. The quantitative estimate of drug-likeness (QED) is 0.535. The fourth-order valence-corrected chi connectivity index (χ4v) is 2.20. The number of rotatable bonds is 3. The number of hydrogen-bond acceptors (Lipinski definition) is 5. The van der Waals surface area contributed by atoms with Gasteiger partial charge >= 0.3 is 0 Å². The first-order valence-electron chi connectivity index (χ1n) is 6.79. The summed E-state index contributed by atoms with van der Waals surface area (Å²) in [6.07, 6.45) is 0. The number of amides is 2. The van der Waals surface area contributed by atoms with Crippen LogP contribution in [0.15, 0.2) is 18.2 Å². The molecular weight excluding hydrogens is 274 g/mol. The van der Waals surface area contributed by atoms with Crippen LogP contribution in [-0.4, -0.2) is 54.2 Å². The lowest BCUT2D eigenvalue weighted by atomic mass is 10.1. The summed E-state index contributed by atoms with van der Waals surface area (Å²) in [7, 11) is 0. The van der Waals surface area contributed by atoms with E-state index in [0.29, 0.717) is 19.7 Å². The van der Waals surface area contributed by atoms with Crippen molar-refractivity contribution >= 4 is 17.5 Å². The molecule has 1 unspecified atom stereocenters. The number of carbonyl (C=O) groups is 2. The highest BCUT2D eigenvalue weighted by molar-refractivity contribution is 5.98. The molecule has 4 N–H and O–H groups in total. The number of nitrogen functional groups attached to an aromatic ring is 1. The number of nitrogens with two attached hydrogens (primary N) is 1. The first kappa shape index (κ1) is 15.1. The standard InChI is InChI=1S/C14H19N3O4/c1-2-16-13(19)11-8-21-6-5-17(11)14(20)9-3-4-10(15)12(18)7-9/h3-4,7,11,18H,2,5-6,8,15H2,1H3,(H,16,19). The Kier molecular flexibility index (Phi) is 4.64. The maximum absolute atomic E-state index is 12.5. The van der Waals surface area contributed by atoms with Gasteiger partial charge in [0.2, 0.25) is 5.91 Å². The topological polar surface area (TPSA) is 105 Å². The molecule has 0 spiro atoms. The number of likely N-dealkylation sites (N-methyl/N-ethyl adjacent to an activating group) is 1. The van der Waals surface area contributed by atoms with Crippen LogP contribution in [0.1, 0.15) is 17.3 Å². The number of nitrogens with zero attached hydrogens (tertiary/aromatic N) is 1. The normalized spacial score (nSPS) is 18.3. The predicted octanol–water partition coefficient (Wildman–Crippen LogP) is -0.0485. The van der Waals surface area contributed by atoms with Crippen molar-refractivity contribution in [1.29, 1.82) is 0 Å². The van der Waals surface area contributed by atoms with Crippen molar-refractivity contribution in [2.45, 2.75) is 13.0 Å². The summed E-state index contributed by atoms with van der Waals surface area (Å²) in [4.78, 5) is 26.0. The molecule has 0 aliphatic carbocycles. The molecule has 1 atom stereocenters. The van der Waals surface area contributed by atoms with E-state index in [1.807, 2.05) is 6.92 Å². The Morgan fingerprint density at radius 3 is 2.95 bits per heavy atom.